The molecule has 0 fully saturated rings. The van der Waals surface area contributed by atoms with Gasteiger partial charge in [-0.05, 0) is 24.1 Å². The number of aromatic amines is 1. The van der Waals surface area contributed by atoms with E-state index < -0.39 is 11.8 Å². The van der Waals surface area contributed by atoms with Crippen molar-refractivity contribution in [2.24, 2.45) is 5.84 Å². The summed E-state index contributed by atoms with van der Waals surface area (Å²) in [6, 6.07) is 4.93. The third-order valence-corrected chi connectivity index (χ3v) is 2.31. The zero-order valence-electron chi connectivity index (χ0n) is 8.95. The van der Waals surface area contributed by atoms with E-state index in [4.69, 9.17) is 10.3 Å². The number of nitrogens with one attached hydrogen (secondary N) is 3. The van der Waals surface area contributed by atoms with Crippen LogP contribution in [0.4, 0.5) is 4.79 Å². The molecule has 90 valence electrons. The third-order valence-electron chi connectivity index (χ3n) is 2.31. The van der Waals surface area contributed by atoms with Crippen molar-refractivity contribution in [1.29, 1.82) is 0 Å². The van der Waals surface area contributed by atoms with Crippen LogP contribution < -0.4 is 22.3 Å². The van der Waals surface area contributed by atoms with Crippen molar-refractivity contribution in [2.75, 3.05) is 6.54 Å². The van der Waals surface area contributed by atoms with Crippen LogP contribution in [0.15, 0.2) is 27.4 Å². The molecule has 0 saturated heterocycles. The molecule has 0 aliphatic heterocycles. The summed E-state index contributed by atoms with van der Waals surface area (Å²) < 4.78 is 4.88. The number of hydrogen-bond donors (Lipinski definition) is 4. The molecular weight excluding hydrogens is 224 g/mol. The van der Waals surface area contributed by atoms with Gasteiger partial charge in [0, 0.05) is 6.54 Å². The monoisotopic (exact) mass is 236 g/mol. The number of fused-ring (bicyclic) bond motifs is 1. The van der Waals surface area contributed by atoms with Gasteiger partial charge in [0.1, 0.15) is 0 Å². The summed E-state index contributed by atoms with van der Waals surface area (Å²) >= 11 is 0. The Morgan fingerprint density at radius 1 is 1.47 bits per heavy atom. The quantitative estimate of drug-likeness (QED) is 0.337. The lowest BCUT2D eigenvalue weighted by molar-refractivity contribution is 0.241. The Balaban J connectivity index is 2.04. The Bertz CT molecular complexity index is 586. The predicted molar refractivity (Wildman–Crippen MR) is 61.3 cm³/mol. The van der Waals surface area contributed by atoms with Gasteiger partial charge in [0.2, 0.25) is 0 Å². The van der Waals surface area contributed by atoms with Gasteiger partial charge in [-0.15, -0.1) is 0 Å². The molecule has 0 radical (unpaired) electrons. The second-order valence-corrected chi connectivity index (χ2v) is 3.50. The molecule has 2 aromatic rings. The molecule has 1 heterocycles. The highest BCUT2D eigenvalue weighted by Crippen LogP contribution is 2.12. The highest BCUT2D eigenvalue weighted by molar-refractivity contribution is 5.73. The number of amides is 2. The van der Waals surface area contributed by atoms with Crippen molar-refractivity contribution in [1.82, 2.24) is 15.7 Å². The van der Waals surface area contributed by atoms with Gasteiger partial charge in [-0.2, -0.15) is 0 Å². The first-order valence-electron chi connectivity index (χ1n) is 5.05. The summed E-state index contributed by atoms with van der Waals surface area (Å²) in [5.41, 5.74) is 4.12. The number of rotatable bonds is 3. The van der Waals surface area contributed by atoms with E-state index in [2.05, 4.69) is 10.3 Å². The highest BCUT2D eigenvalue weighted by atomic mass is 16.4. The number of nitrogens with two attached hydrogens (primary N) is 1. The van der Waals surface area contributed by atoms with E-state index in [1.807, 2.05) is 17.6 Å². The molecule has 0 unspecified atom stereocenters. The number of oxazole rings is 1. The number of urea groups is 1. The molecule has 2 rings (SSSR count). The average molecular weight is 236 g/mol. The molecular formula is C10H12N4O3. The van der Waals surface area contributed by atoms with Crippen molar-refractivity contribution >= 4 is 17.1 Å². The molecule has 0 spiro atoms. The summed E-state index contributed by atoms with van der Waals surface area (Å²) in [4.78, 5) is 24.3. The lowest BCUT2D eigenvalue weighted by atomic mass is 10.1. The van der Waals surface area contributed by atoms with E-state index in [-0.39, 0.29) is 0 Å². The first kappa shape index (κ1) is 11.2. The Kier molecular flexibility index (Phi) is 3.10. The van der Waals surface area contributed by atoms with Gasteiger partial charge in [-0.3, -0.25) is 10.4 Å². The number of H-pyrrole nitrogens is 1. The number of benzene rings is 1. The molecule has 2 amide bonds. The fourth-order valence-corrected chi connectivity index (χ4v) is 1.53. The van der Waals surface area contributed by atoms with E-state index in [1.165, 1.54) is 0 Å². The first-order valence-corrected chi connectivity index (χ1v) is 5.05. The SMILES string of the molecule is NNC(=O)NCCc1ccc2oc(=O)[nH]c2c1. The molecule has 1 aromatic carbocycles. The van der Waals surface area contributed by atoms with Gasteiger partial charge >= 0.3 is 11.8 Å². The van der Waals surface area contributed by atoms with Crippen LogP contribution in [0.5, 0.6) is 0 Å². The maximum absolute atomic E-state index is 10.9. The standard InChI is InChI=1S/C10H12N4O3/c11-14-9(15)12-4-3-6-1-2-8-7(5-6)13-10(16)17-8/h1-2,5H,3-4,11H2,(H,13,16)(H2,12,14,15). The largest absolute Gasteiger partial charge is 0.417 e. The Labute approximate surface area is 96.0 Å². The molecule has 0 aliphatic carbocycles. The zero-order chi connectivity index (χ0) is 12.3. The fourth-order valence-electron chi connectivity index (χ4n) is 1.53. The molecule has 0 bridgehead atoms. The summed E-state index contributed by atoms with van der Waals surface area (Å²) in [5, 5.41) is 2.56. The minimum atomic E-state index is -0.474. The Hall–Kier alpha value is -2.28. The van der Waals surface area contributed by atoms with Gasteiger partial charge in [-0.25, -0.2) is 15.4 Å². The number of carbonyl (C=O) groups excluding carboxylic acids is 1. The third kappa shape index (κ3) is 2.64. The van der Waals surface area contributed by atoms with Crippen molar-refractivity contribution in [3.05, 3.63) is 34.3 Å². The number of hydrogen-bond acceptors (Lipinski definition) is 4. The lowest BCUT2D eigenvalue weighted by Gasteiger charge is -2.03. The zero-order valence-corrected chi connectivity index (χ0v) is 8.95. The molecule has 7 nitrogen and oxygen atoms in total. The van der Waals surface area contributed by atoms with E-state index >= 15 is 0 Å². The summed E-state index contributed by atoms with van der Waals surface area (Å²) in [5.74, 6) is 4.44. The minimum absolute atomic E-state index is 0.428. The Morgan fingerprint density at radius 2 is 2.29 bits per heavy atom. The number of carbonyl (C=O) groups is 1. The van der Waals surface area contributed by atoms with Gasteiger partial charge in [0.15, 0.2) is 5.58 Å². The highest BCUT2D eigenvalue weighted by Gasteiger charge is 2.02. The summed E-state index contributed by atoms with van der Waals surface area (Å²) in [6.07, 6.45) is 0.635. The van der Waals surface area contributed by atoms with Crippen LogP contribution in [0.1, 0.15) is 5.56 Å². The van der Waals surface area contributed by atoms with Crippen LogP contribution in [-0.4, -0.2) is 17.6 Å². The van der Waals surface area contributed by atoms with Crippen LogP contribution >= 0.6 is 0 Å². The fraction of sp³-hybridized carbons (Fsp3) is 0.200. The topological polar surface area (TPSA) is 113 Å². The lowest BCUT2D eigenvalue weighted by Crippen LogP contribution is -2.40. The van der Waals surface area contributed by atoms with E-state index in [1.54, 1.807) is 6.07 Å². The molecule has 1 aromatic heterocycles. The van der Waals surface area contributed by atoms with Crippen molar-refractivity contribution in [3.63, 3.8) is 0 Å². The van der Waals surface area contributed by atoms with Crippen molar-refractivity contribution in [2.45, 2.75) is 6.42 Å². The van der Waals surface area contributed by atoms with Crippen LogP contribution in [-0.2, 0) is 6.42 Å². The smallest absolute Gasteiger partial charge is 0.408 e. The van der Waals surface area contributed by atoms with Crippen molar-refractivity contribution < 1.29 is 9.21 Å². The first-order chi connectivity index (χ1) is 8.19. The van der Waals surface area contributed by atoms with Crippen LogP contribution in [0.3, 0.4) is 0 Å². The van der Waals surface area contributed by atoms with Gasteiger partial charge in [-0.1, -0.05) is 6.07 Å². The molecule has 0 aliphatic rings. The molecule has 0 atom stereocenters. The van der Waals surface area contributed by atoms with Gasteiger partial charge < -0.3 is 9.73 Å². The maximum Gasteiger partial charge on any atom is 0.417 e. The molecule has 7 heteroatoms. The maximum atomic E-state index is 10.9. The second kappa shape index (κ2) is 4.71. The van der Waals surface area contributed by atoms with Crippen LogP contribution in [0.2, 0.25) is 0 Å². The molecule has 0 saturated carbocycles. The second-order valence-electron chi connectivity index (χ2n) is 3.50. The van der Waals surface area contributed by atoms with E-state index in [9.17, 15) is 9.59 Å². The van der Waals surface area contributed by atoms with Gasteiger partial charge in [0.25, 0.3) is 0 Å². The van der Waals surface area contributed by atoms with E-state index in [0.717, 1.165) is 5.56 Å². The van der Waals surface area contributed by atoms with Crippen molar-refractivity contribution in [3.8, 4) is 0 Å². The number of aromatic nitrogens is 1. The summed E-state index contributed by atoms with van der Waals surface area (Å²) in [6.45, 7) is 0.455. The van der Waals surface area contributed by atoms with Crippen LogP contribution in [0, 0.1) is 0 Å². The predicted octanol–water partition coefficient (Wildman–Crippen LogP) is -0.164. The average Bonchev–Trinajstić information content (AvgIpc) is 2.68. The Morgan fingerprint density at radius 3 is 3.06 bits per heavy atom. The normalized spacial score (nSPS) is 10.4. The summed E-state index contributed by atoms with van der Waals surface area (Å²) in [7, 11) is 0. The van der Waals surface area contributed by atoms with E-state index in [0.29, 0.717) is 24.1 Å². The minimum Gasteiger partial charge on any atom is -0.408 e. The molecule has 17 heavy (non-hydrogen) atoms. The number of hydrazine groups is 1. The van der Waals surface area contributed by atoms with Gasteiger partial charge in [0.05, 0.1) is 5.52 Å². The molecule has 5 N–H and O–H groups in total. The van der Waals surface area contributed by atoms with Crippen LogP contribution in [0.25, 0.3) is 11.1 Å².